The number of allylic oxidation sites excluding steroid dienone is 1. The van der Waals surface area contributed by atoms with Crippen LogP contribution in [0.4, 0.5) is 0 Å². The van der Waals surface area contributed by atoms with E-state index in [4.69, 9.17) is 0 Å². The normalized spacial score (nSPS) is 24.2. The maximum absolute atomic E-state index is 11.5. The number of ketones is 2. The summed E-state index contributed by atoms with van der Waals surface area (Å²) in [6.45, 7) is 5.73. The van der Waals surface area contributed by atoms with Gasteiger partial charge in [0.05, 0.1) is 0 Å². The fraction of sp³-hybridized carbons (Fsp3) is 0.636. The number of hydrogen-bond donors (Lipinski definition) is 0. The topological polar surface area (TPSA) is 34.1 Å². The third-order valence-electron chi connectivity index (χ3n) is 2.47. The highest BCUT2D eigenvalue weighted by Crippen LogP contribution is 2.23. The van der Waals surface area contributed by atoms with Crippen molar-refractivity contribution in [2.24, 2.45) is 5.92 Å². The quantitative estimate of drug-likeness (QED) is 0.482. The van der Waals surface area contributed by atoms with Crippen molar-refractivity contribution in [1.82, 2.24) is 0 Å². The minimum atomic E-state index is 0.0592. The molecule has 0 unspecified atom stereocenters. The first kappa shape index (κ1) is 10.2. The van der Waals surface area contributed by atoms with Crippen molar-refractivity contribution in [2.75, 3.05) is 0 Å². The van der Waals surface area contributed by atoms with Crippen LogP contribution in [0, 0.1) is 5.92 Å². The maximum Gasteiger partial charge on any atom is 0.136 e. The van der Waals surface area contributed by atoms with E-state index in [1.54, 1.807) is 0 Å². The summed E-state index contributed by atoms with van der Waals surface area (Å²) in [5, 5.41) is 0. The predicted molar refractivity (Wildman–Crippen MR) is 51.4 cm³/mol. The van der Waals surface area contributed by atoms with Gasteiger partial charge in [0.15, 0.2) is 0 Å². The van der Waals surface area contributed by atoms with Gasteiger partial charge in [0, 0.05) is 25.2 Å². The van der Waals surface area contributed by atoms with Gasteiger partial charge in [-0.2, -0.15) is 0 Å². The minimum Gasteiger partial charge on any atom is -0.300 e. The van der Waals surface area contributed by atoms with Crippen LogP contribution in [0.25, 0.3) is 0 Å². The van der Waals surface area contributed by atoms with Crippen molar-refractivity contribution in [1.29, 1.82) is 0 Å². The Labute approximate surface area is 79.0 Å². The summed E-state index contributed by atoms with van der Waals surface area (Å²) in [5.74, 6) is 0.537. The zero-order chi connectivity index (χ0) is 9.84. The van der Waals surface area contributed by atoms with Gasteiger partial charge in [-0.15, -0.1) is 6.58 Å². The first-order valence-electron chi connectivity index (χ1n) is 4.78. The van der Waals surface area contributed by atoms with Gasteiger partial charge in [0.1, 0.15) is 11.6 Å². The Balaban J connectivity index is 2.57. The van der Waals surface area contributed by atoms with E-state index < -0.39 is 0 Å². The highest BCUT2D eigenvalue weighted by molar-refractivity contribution is 5.89. The summed E-state index contributed by atoms with van der Waals surface area (Å²) < 4.78 is 0. The molecule has 1 fully saturated rings. The van der Waals surface area contributed by atoms with Gasteiger partial charge in [-0.1, -0.05) is 5.57 Å². The third-order valence-corrected chi connectivity index (χ3v) is 2.47. The van der Waals surface area contributed by atoms with Crippen molar-refractivity contribution in [3.8, 4) is 0 Å². The molecule has 1 aliphatic carbocycles. The van der Waals surface area contributed by atoms with Crippen LogP contribution in [-0.2, 0) is 9.59 Å². The van der Waals surface area contributed by atoms with Crippen LogP contribution < -0.4 is 0 Å². The molecule has 0 radical (unpaired) electrons. The Kier molecular flexibility index (Phi) is 3.40. The van der Waals surface area contributed by atoms with E-state index in [-0.39, 0.29) is 17.5 Å². The summed E-state index contributed by atoms with van der Waals surface area (Å²) in [6.07, 6.45) is 2.95. The second-order valence-electron chi connectivity index (χ2n) is 3.90. The first-order valence-corrected chi connectivity index (χ1v) is 4.78. The molecule has 0 aliphatic heterocycles. The van der Waals surface area contributed by atoms with Crippen LogP contribution in [0.2, 0.25) is 0 Å². The summed E-state index contributed by atoms with van der Waals surface area (Å²) in [6, 6.07) is 0. The second kappa shape index (κ2) is 4.35. The molecule has 0 aromatic heterocycles. The monoisotopic (exact) mass is 180 g/mol. The molecule has 0 aromatic carbocycles. The molecule has 1 aliphatic rings. The lowest BCUT2D eigenvalue weighted by atomic mass is 9.92. The number of rotatable bonds is 2. The van der Waals surface area contributed by atoms with Crippen molar-refractivity contribution in [3.63, 3.8) is 0 Å². The standard InChI is InChI=1S/C11H16O2/c1-8(2)7-9-3-4-10(12)5-6-11(9)13/h9H,1,3-7H2,2H3/t9-/m0/s1. The summed E-state index contributed by atoms with van der Waals surface area (Å²) in [5.41, 5.74) is 1.03. The van der Waals surface area contributed by atoms with Crippen LogP contribution >= 0.6 is 0 Å². The Morgan fingerprint density at radius 1 is 1.38 bits per heavy atom. The molecular formula is C11H16O2. The smallest absolute Gasteiger partial charge is 0.136 e. The van der Waals surface area contributed by atoms with Gasteiger partial charge >= 0.3 is 0 Å². The molecule has 0 aromatic rings. The average molecular weight is 180 g/mol. The van der Waals surface area contributed by atoms with E-state index in [0.717, 1.165) is 18.4 Å². The van der Waals surface area contributed by atoms with E-state index in [0.29, 0.717) is 19.3 Å². The molecule has 72 valence electrons. The molecule has 0 N–H and O–H groups in total. The lowest BCUT2D eigenvalue weighted by molar-refractivity contribution is -0.124. The highest BCUT2D eigenvalue weighted by atomic mass is 16.1. The van der Waals surface area contributed by atoms with Crippen LogP contribution in [0.3, 0.4) is 0 Å². The van der Waals surface area contributed by atoms with Crippen molar-refractivity contribution in [2.45, 2.75) is 39.0 Å². The summed E-state index contributed by atoms with van der Waals surface area (Å²) in [7, 11) is 0. The molecule has 2 nitrogen and oxygen atoms in total. The van der Waals surface area contributed by atoms with Gasteiger partial charge in [-0.3, -0.25) is 9.59 Å². The molecular weight excluding hydrogens is 164 g/mol. The maximum atomic E-state index is 11.5. The molecule has 0 amide bonds. The predicted octanol–water partition coefficient (Wildman–Crippen LogP) is 2.28. The van der Waals surface area contributed by atoms with Crippen molar-refractivity contribution in [3.05, 3.63) is 12.2 Å². The molecule has 1 atom stereocenters. The Morgan fingerprint density at radius 3 is 2.69 bits per heavy atom. The largest absolute Gasteiger partial charge is 0.300 e. The lowest BCUT2D eigenvalue weighted by Gasteiger charge is -2.11. The van der Waals surface area contributed by atoms with Gasteiger partial charge < -0.3 is 0 Å². The van der Waals surface area contributed by atoms with E-state index >= 15 is 0 Å². The van der Waals surface area contributed by atoms with Crippen LogP contribution in [0.1, 0.15) is 39.0 Å². The van der Waals surface area contributed by atoms with E-state index in [9.17, 15) is 9.59 Å². The van der Waals surface area contributed by atoms with Crippen molar-refractivity contribution >= 4 is 11.6 Å². The average Bonchev–Trinajstić information content (AvgIpc) is 2.19. The molecule has 0 saturated heterocycles. The molecule has 0 spiro atoms. The molecule has 0 bridgehead atoms. The van der Waals surface area contributed by atoms with Gasteiger partial charge in [-0.25, -0.2) is 0 Å². The molecule has 13 heavy (non-hydrogen) atoms. The SMILES string of the molecule is C=C(C)C[C@@H]1CCC(=O)CCC1=O. The fourth-order valence-electron chi connectivity index (χ4n) is 1.72. The Bertz CT molecular complexity index is 240. The zero-order valence-electron chi connectivity index (χ0n) is 8.14. The van der Waals surface area contributed by atoms with E-state index in [1.807, 2.05) is 6.92 Å². The number of hydrogen-bond acceptors (Lipinski definition) is 2. The molecule has 0 heterocycles. The molecule has 1 saturated carbocycles. The van der Waals surface area contributed by atoms with Gasteiger partial charge in [0.25, 0.3) is 0 Å². The Morgan fingerprint density at radius 2 is 2.08 bits per heavy atom. The summed E-state index contributed by atoms with van der Waals surface area (Å²) in [4.78, 5) is 22.6. The third kappa shape index (κ3) is 3.13. The minimum absolute atomic E-state index is 0.0592. The highest BCUT2D eigenvalue weighted by Gasteiger charge is 2.23. The van der Waals surface area contributed by atoms with E-state index in [1.165, 1.54) is 0 Å². The van der Waals surface area contributed by atoms with Crippen LogP contribution in [0.5, 0.6) is 0 Å². The second-order valence-corrected chi connectivity index (χ2v) is 3.90. The fourth-order valence-corrected chi connectivity index (χ4v) is 1.72. The van der Waals surface area contributed by atoms with E-state index in [2.05, 4.69) is 6.58 Å². The van der Waals surface area contributed by atoms with Crippen LogP contribution in [0.15, 0.2) is 12.2 Å². The number of carbonyl (C=O) groups excluding carboxylic acids is 2. The molecule has 2 heteroatoms. The van der Waals surface area contributed by atoms with Crippen molar-refractivity contribution < 1.29 is 9.59 Å². The lowest BCUT2D eigenvalue weighted by Crippen LogP contribution is -2.12. The zero-order valence-corrected chi connectivity index (χ0v) is 8.14. The number of carbonyl (C=O) groups is 2. The van der Waals surface area contributed by atoms with Gasteiger partial charge in [0.2, 0.25) is 0 Å². The molecule has 1 rings (SSSR count). The first-order chi connectivity index (χ1) is 6.09. The summed E-state index contributed by atoms with van der Waals surface area (Å²) >= 11 is 0. The Hall–Kier alpha value is -0.920. The number of Topliss-reactive ketones (excluding diaryl/α,β-unsaturated/α-hetero) is 2. The van der Waals surface area contributed by atoms with Gasteiger partial charge in [-0.05, 0) is 19.8 Å². The van der Waals surface area contributed by atoms with Crippen LogP contribution in [-0.4, -0.2) is 11.6 Å².